The van der Waals surface area contributed by atoms with Gasteiger partial charge in [-0.3, -0.25) is 4.79 Å². The van der Waals surface area contributed by atoms with Crippen LogP contribution in [-0.2, 0) is 4.79 Å². The lowest BCUT2D eigenvalue weighted by atomic mass is 10.1. The molecule has 1 aromatic carbocycles. The van der Waals surface area contributed by atoms with E-state index in [1.54, 1.807) is 16.4 Å². The van der Waals surface area contributed by atoms with Gasteiger partial charge in [0.25, 0.3) is 0 Å². The van der Waals surface area contributed by atoms with Crippen LogP contribution in [0.25, 0.3) is 0 Å². The second-order valence-electron chi connectivity index (χ2n) is 4.66. The number of benzene rings is 1. The monoisotopic (exact) mass is 301 g/mol. The normalized spacial score (nSPS) is 13.5. The van der Waals surface area contributed by atoms with Gasteiger partial charge in [0.1, 0.15) is 0 Å². The first-order valence-electron chi connectivity index (χ1n) is 6.70. The van der Waals surface area contributed by atoms with Crippen LogP contribution in [0.1, 0.15) is 24.7 Å². The smallest absolute Gasteiger partial charge is 0.224 e. The van der Waals surface area contributed by atoms with Crippen LogP contribution in [0.15, 0.2) is 34.5 Å². The second-order valence-corrected chi connectivity index (χ2v) is 5.60. The summed E-state index contributed by atoms with van der Waals surface area (Å²) in [5.74, 6) is 1.55. The van der Waals surface area contributed by atoms with Gasteiger partial charge in [-0.2, -0.15) is 9.78 Å². The van der Waals surface area contributed by atoms with Crippen LogP contribution in [0.2, 0.25) is 0 Å². The molecule has 1 amide bonds. The molecule has 1 aliphatic heterocycles. The molecule has 6 nitrogen and oxygen atoms in total. The quantitative estimate of drug-likeness (QED) is 0.944. The number of hydrogen-bond donors (Lipinski definition) is 1. The largest absolute Gasteiger partial charge is 0.326 e. The first-order chi connectivity index (χ1) is 10.2. The molecule has 0 atom stereocenters. The topological polar surface area (TPSA) is 72.2 Å². The lowest BCUT2D eigenvalue weighted by Crippen LogP contribution is -2.14. The molecule has 0 radical (unpaired) electrons. The number of nitrogens with zero attached hydrogens (tertiary/aromatic N) is 4. The fraction of sp³-hybridized carbons (Fsp3) is 0.286. The van der Waals surface area contributed by atoms with E-state index in [9.17, 15) is 4.79 Å². The molecule has 21 heavy (non-hydrogen) atoms. The lowest BCUT2D eigenvalue weighted by Gasteiger charge is -2.13. The van der Waals surface area contributed by atoms with Crippen molar-refractivity contribution in [3.63, 3.8) is 0 Å². The van der Waals surface area contributed by atoms with Crippen molar-refractivity contribution < 1.29 is 4.79 Å². The Kier molecular flexibility index (Phi) is 3.74. The summed E-state index contributed by atoms with van der Waals surface area (Å²) in [5.41, 5.74) is 2.82. The van der Waals surface area contributed by atoms with Crippen LogP contribution >= 0.6 is 11.8 Å². The molecule has 0 aliphatic carbocycles. The van der Waals surface area contributed by atoms with Crippen molar-refractivity contribution in [2.75, 3.05) is 11.1 Å². The molecule has 3 rings (SSSR count). The van der Waals surface area contributed by atoms with E-state index in [-0.39, 0.29) is 5.91 Å². The molecule has 7 heteroatoms. The van der Waals surface area contributed by atoms with Crippen molar-refractivity contribution in [3.05, 3.63) is 35.7 Å². The van der Waals surface area contributed by atoms with E-state index in [0.717, 1.165) is 33.7 Å². The molecule has 0 unspecified atom stereocenters. The van der Waals surface area contributed by atoms with Gasteiger partial charge in [-0.25, -0.2) is 0 Å². The fourth-order valence-corrected chi connectivity index (χ4v) is 2.85. The van der Waals surface area contributed by atoms with Crippen molar-refractivity contribution in [1.82, 2.24) is 14.9 Å². The summed E-state index contributed by atoms with van der Waals surface area (Å²) in [6, 6.07) is 7.72. The maximum absolute atomic E-state index is 11.4. The minimum atomic E-state index is 0.0121. The summed E-state index contributed by atoms with van der Waals surface area (Å²) in [4.78, 5) is 11.4. The number of hydrogen-bond acceptors (Lipinski definition) is 5. The number of thioether (sulfide) groups is 1. The third-order valence-electron chi connectivity index (χ3n) is 3.15. The number of nitrogens with one attached hydrogen (secondary N) is 1. The van der Waals surface area contributed by atoms with Crippen LogP contribution in [0, 0.1) is 6.92 Å². The maximum Gasteiger partial charge on any atom is 0.224 e. The fourth-order valence-electron chi connectivity index (χ4n) is 1.96. The van der Waals surface area contributed by atoms with E-state index in [4.69, 9.17) is 0 Å². The Labute approximate surface area is 126 Å². The zero-order valence-corrected chi connectivity index (χ0v) is 12.6. The van der Waals surface area contributed by atoms with Crippen molar-refractivity contribution in [2.24, 2.45) is 5.10 Å². The average Bonchev–Trinajstić information content (AvgIpc) is 2.89. The summed E-state index contributed by atoms with van der Waals surface area (Å²) < 4.78 is 1.76. The number of amides is 1. The molecule has 0 saturated heterocycles. The lowest BCUT2D eigenvalue weighted by molar-refractivity contribution is -0.115. The van der Waals surface area contributed by atoms with Gasteiger partial charge in [0.2, 0.25) is 11.1 Å². The molecular formula is C14H15N5OS. The van der Waals surface area contributed by atoms with Crippen molar-refractivity contribution in [2.45, 2.75) is 25.4 Å². The SMILES string of the molecule is CCC(=O)Nc1ccc(C2=Nn3c(C)nnc3SC2)cc1. The highest BCUT2D eigenvalue weighted by Crippen LogP contribution is 2.24. The molecule has 108 valence electrons. The van der Waals surface area contributed by atoms with Crippen LogP contribution in [0.4, 0.5) is 5.69 Å². The zero-order chi connectivity index (χ0) is 14.8. The van der Waals surface area contributed by atoms with Gasteiger partial charge in [0.15, 0.2) is 5.82 Å². The third kappa shape index (κ3) is 2.82. The van der Waals surface area contributed by atoms with Gasteiger partial charge < -0.3 is 5.32 Å². The van der Waals surface area contributed by atoms with Crippen LogP contribution in [0.5, 0.6) is 0 Å². The number of anilines is 1. The van der Waals surface area contributed by atoms with E-state index in [0.29, 0.717) is 6.42 Å². The highest BCUT2D eigenvalue weighted by molar-refractivity contribution is 7.99. The molecule has 1 aliphatic rings. The van der Waals surface area contributed by atoms with Crippen molar-refractivity contribution in [3.8, 4) is 0 Å². The third-order valence-corrected chi connectivity index (χ3v) is 4.08. The molecule has 2 heterocycles. The van der Waals surface area contributed by atoms with Crippen LogP contribution < -0.4 is 5.32 Å². The number of fused-ring (bicyclic) bond motifs is 1. The zero-order valence-electron chi connectivity index (χ0n) is 11.8. The molecule has 0 fully saturated rings. The Morgan fingerprint density at radius 2 is 2.10 bits per heavy atom. The number of carbonyl (C=O) groups excluding carboxylic acids is 1. The van der Waals surface area contributed by atoms with E-state index < -0.39 is 0 Å². The van der Waals surface area contributed by atoms with E-state index >= 15 is 0 Å². The summed E-state index contributed by atoms with van der Waals surface area (Å²) in [6.07, 6.45) is 0.473. The molecule has 0 saturated carbocycles. The Hall–Kier alpha value is -2.15. The highest BCUT2D eigenvalue weighted by Gasteiger charge is 2.17. The summed E-state index contributed by atoms with van der Waals surface area (Å²) >= 11 is 1.62. The first kappa shape index (κ1) is 13.8. The highest BCUT2D eigenvalue weighted by atomic mass is 32.2. The maximum atomic E-state index is 11.4. The average molecular weight is 301 g/mol. The minimum Gasteiger partial charge on any atom is -0.326 e. The molecule has 1 N–H and O–H groups in total. The Morgan fingerprint density at radius 3 is 2.81 bits per heavy atom. The predicted molar refractivity (Wildman–Crippen MR) is 82.8 cm³/mol. The number of aromatic nitrogens is 3. The number of carbonyl (C=O) groups is 1. The van der Waals surface area contributed by atoms with Gasteiger partial charge in [0, 0.05) is 17.9 Å². The number of rotatable bonds is 3. The van der Waals surface area contributed by atoms with Crippen molar-refractivity contribution >= 4 is 29.1 Å². The summed E-state index contributed by atoms with van der Waals surface area (Å²) in [7, 11) is 0. The van der Waals surface area contributed by atoms with Gasteiger partial charge in [-0.1, -0.05) is 30.8 Å². The van der Waals surface area contributed by atoms with Gasteiger partial charge in [0.05, 0.1) is 5.71 Å². The van der Waals surface area contributed by atoms with Crippen LogP contribution in [-0.4, -0.2) is 32.2 Å². The number of aryl methyl sites for hydroxylation is 1. The standard InChI is InChI=1S/C14H15N5OS/c1-3-13(20)15-11-6-4-10(5-7-11)12-8-21-14-17-16-9(2)19(14)18-12/h4-7H,3,8H2,1-2H3,(H,15,20). The molecule has 0 spiro atoms. The van der Waals surface area contributed by atoms with Gasteiger partial charge in [-0.05, 0) is 24.6 Å². The predicted octanol–water partition coefficient (Wildman–Crippen LogP) is 2.29. The Balaban J connectivity index is 1.83. The molecular weight excluding hydrogens is 286 g/mol. The second kappa shape index (κ2) is 5.69. The summed E-state index contributed by atoms with van der Waals surface area (Å²) in [5, 5.41) is 16.3. The van der Waals surface area contributed by atoms with E-state index in [2.05, 4.69) is 20.6 Å². The van der Waals surface area contributed by atoms with Crippen LogP contribution in [0.3, 0.4) is 0 Å². The first-order valence-corrected chi connectivity index (χ1v) is 7.69. The summed E-state index contributed by atoms with van der Waals surface area (Å²) in [6.45, 7) is 3.71. The minimum absolute atomic E-state index is 0.0121. The van der Waals surface area contributed by atoms with Gasteiger partial charge >= 0.3 is 0 Å². The molecule has 1 aromatic heterocycles. The molecule has 2 aromatic rings. The van der Waals surface area contributed by atoms with E-state index in [1.807, 2.05) is 38.1 Å². The van der Waals surface area contributed by atoms with E-state index in [1.165, 1.54) is 0 Å². The van der Waals surface area contributed by atoms with Crippen molar-refractivity contribution in [1.29, 1.82) is 0 Å². The molecule has 0 bridgehead atoms. The Bertz CT molecular complexity index is 705. The Morgan fingerprint density at radius 1 is 1.33 bits per heavy atom. The van der Waals surface area contributed by atoms with Gasteiger partial charge in [-0.15, -0.1) is 10.2 Å².